The van der Waals surface area contributed by atoms with Gasteiger partial charge < -0.3 is 9.47 Å². The van der Waals surface area contributed by atoms with E-state index in [4.69, 9.17) is 9.47 Å². The van der Waals surface area contributed by atoms with E-state index >= 15 is 0 Å². The molecule has 2 rings (SSSR count). The number of alkyl halides is 2. The van der Waals surface area contributed by atoms with Gasteiger partial charge in [0.2, 0.25) is 0 Å². The van der Waals surface area contributed by atoms with Crippen molar-refractivity contribution in [2.45, 2.75) is 58.3 Å². The molecule has 0 aromatic rings. The molecule has 0 bridgehead atoms. The SMILES string of the molecule is CC(C)OCCN1CCN(C2CCN(CCOC(C)C)CC2(F)F)CC1. The van der Waals surface area contributed by atoms with Gasteiger partial charge in [0.25, 0.3) is 5.92 Å². The lowest BCUT2D eigenvalue weighted by Crippen LogP contribution is -2.62. The molecule has 26 heavy (non-hydrogen) atoms. The number of halogens is 2. The first kappa shape index (κ1) is 22.0. The minimum Gasteiger partial charge on any atom is -0.377 e. The molecule has 0 amide bonds. The van der Waals surface area contributed by atoms with Gasteiger partial charge in [-0.3, -0.25) is 14.7 Å². The number of hydrogen-bond donors (Lipinski definition) is 0. The van der Waals surface area contributed by atoms with E-state index in [1.165, 1.54) is 0 Å². The van der Waals surface area contributed by atoms with Gasteiger partial charge in [0.15, 0.2) is 0 Å². The molecule has 0 N–H and O–H groups in total. The molecule has 154 valence electrons. The van der Waals surface area contributed by atoms with Crippen LogP contribution in [0.25, 0.3) is 0 Å². The molecule has 2 fully saturated rings. The summed E-state index contributed by atoms with van der Waals surface area (Å²) < 4.78 is 40.5. The van der Waals surface area contributed by atoms with Crippen molar-refractivity contribution in [1.82, 2.24) is 14.7 Å². The predicted octanol–water partition coefficient (Wildman–Crippen LogP) is 2.16. The van der Waals surface area contributed by atoms with Gasteiger partial charge in [-0.05, 0) is 34.1 Å². The monoisotopic (exact) mass is 377 g/mol. The van der Waals surface area contributed by atoms with E-state index in [0.717, 1.165) is 39.3 Å². The maximum Gasteiger partial charge on any atom is 0.275 e. The van der Waals surface area contributed by atoms with Gasteiger partial charge in [0.05, 0.1) is 38.0 Å². The fourth-order valence-corrected chi connectivity index (χ4v) is 3.77. The second-order valence-electron chi connectivity index (χ2n) is 8.06. The molecule has 1 unspecified atom stereocenters. The van der Waals surface area contributed by atoms with Crippen molar-refractivity contribution in [3.63, 3.8) is 0 Å². The molecule has 0 spiro atoms. The lowest BCUT2D eigenvalue weighted by molar-refractivity contribution is -0.136. The van der Waals surface area contributed by atoms with E-state index in [-0.39, 0.29) is 18.8 Å². The highest BCUT2D eigenvalue weighted by atomic mass is 19.3. The van der Waals surface area contributed by atoms with Crippen LogP contribution in [0.5, 0.6) is 0 Å². The molecule has 0 aromatic carbocycles. The molecule has 5 nitrogen and oxygen atoms in total. The molecule has 7 heteroatoms. The first-order valence-electron chi connectivity index (χ1n) is 10.1. The normalized spacial score (nSPS) is 26.1. The molecule has 0 radical (unpaired) electrons. The Hall–Kier alpha value is -0.340. The molecule has 2 saturated heterocycles. The third-order valence-electron chi connectivity index (χ3n) is 5.21. The molecular weight excluding hydrogens is 340 g/mol. The minimum atomic E-state index is -2.65. The Morgan fingerprint density at radius 1 is 0.846 bits per heavy atom. The van der Waals surface area contributed by atoms with Crippen LogP contribution in [-0.4, -0.2) is 104 Å². The maximum atomic E-state index is 14.7. The molecule has 0 saturated carbocycles. The van der Waals surface area contributed by atoms with Gasteiger partial charge in [0.1, 0.15) is 0 Å². The van der Waals surface area contributed by atoms with Crippen molar-refractivity contribution in [2.24, 2.45) is 0 Å². The minimum absolute atomic E-state index is 0.148. The summed E-state index contributed by atoms with van der Waals surface area (Å²) in [5.74, 6) is -2.65. The Labute approximate surface area is 157 Å². The first-order valence-corrected chi connectivity index (χ1v) is 10.1. The average molecular weight is 378 g/mol. The van der Waals surface area contributed by atoms with Crippen molar-refractivity contribution in [1.29, 1.82) is 0 Å². The van der Waals surface area contributed by atoms with E-state index in [1.54, 1.807) is 0 Å². The number of piperidine rings is 1. The van der Waals surface area contributed by atoms with Crippen LogP contribution in [0, 0.1) is 0 Å². The quantitative estimate of drug-likeness (QED) is 0.614. The largest absolute Gasteiger partial charge is 0.377 e. The zero-order valence-corrected chi connectivity index (χ0v) is 16.9. The van der Waals surface area contributed by atoms with E-state index < -0.39 is 12.0 Å². The summed E-state index contributed by atoms with van der Waals surface area (Å²) in [7, 11) is 0. The van der Waals surface area contributed by atoms with Crippen molar-refractivity contribution in [3.05, 3.63) is 0 Å². The highest BCUT2D eigenvalue weighted by Gasteiger charge is 2.47. The van der Waals surface area contributed by atoms with E-state index in [2.05, 4.69) is 4.90 Å². The predicted molar refractivity (Wildman–Crippen MR) is 100.0 cm³/mol. The van der Waals surface area contributed by atoms with Crippen LogP contribution in [0.15, 0.2) is 0 Å². The zero-order chi connectivity index (χ0) is 19.2. The van der Waals surface area contributed by atoms with Gasteiger partial charge in [-0.1, -0.05) is 0 Å². The standard InChI is InChI=1S/C19H37F2N3O2/c1-16(2)25-13-11-22-7-9-24(10-8-22)18-5-6-23(15-19(18,20)21)12-14-26-17(3)4/h16-18H,5-15H2,1-4H3. The number of piperazine rings is 1. The van der Waals surface area contributed by atoms with Crippen molar-refractivity contribution in [3.8, 4) is 0 Å². The number of hydrogen-bond acceptors (Lipinski definition) is 5. The van der Waals surface area contributed by atoms with Crippen molar-refractivity contribution in [2.75, 3.05) is 65.6 Å². The Balaban J connectivity index is 1.73. The second-order valence-corrected chi connectivity index (χ2v) is 8.06. The summed E-state index contributed by atoms with van der Waals surface area (Å²) in [4.78, 5) is 6.16. The number of nitrogens with zero attached hydrogens (tertiary/aromatic N) is 3. The lowest BCUT2D eigenvalue weighted by atomic mass is 9.98. The Kier molecular flexibility index (Phi) is 8.67. The lowest BCUT2D eigenvalue weighted by Gasteiger charge is -2.46. The molecule has 0 aliphatic carbocycles. The first-order chi connectivity index (χ1) is 12.3. The van der Waals surface area contributed by atoms with E-state index in [1.807, 2.05) is 37.5 Å². The molecule has 2 heterocycles. The molecule has 1 atom stereocenters. The third kappa shape index (κ3) is 7.00. The smallest absolute Gasteiger partial charge is 0.275 e. The second kappa shape index (κ2) is 10.3. The van der Waals surface area contributed by atoms with Gasteiger partial charge in [-0.25, -0.2) is 8.78 Å². The van der Waals surface area contributed by atoms with Crippen molar-refractivity contribution >= 4 is 0 Å². The summed E-state index contributed by atoms with van der Waals surface area (Å²) in [6.45, 7) is 14.4. The van der Waals surface area contributed by atoms with Crippen molar-refractivity contribution < 1.29 is 18.3 Å². The van der Waals surface area contributed by atoms with Crippen LogP contribution in [0.1, 0.15) is 34.1 Å². The summed E-state index contributed by atoms with van der Waals surface area (Å²) in [5.41, 5.74) is 0. The molecule has 2 aliphatic heterocycles. The Bertz CT molecular complexity index is 402. The number of ether oxygens (including phenoxy) is 2. The number of rotatable bonds is 9. The van der Waals surface area contributed by atoms with Crippen LogP contribution < -0.4 is 0 Å². The van der Waals surface area contributed by atoms with Crippen LogP contribution in [0.2, 0.25) is 0 Å². The average Bonchev–Trinajstić information content (AvgIpc) is 2.54. The number of likely N-dealkylation sites (tertiary alicyclic amines) is 1. The molecule has 2 aliphatic rings. The van der Waals surface area contributed by atoms with E-state index in [9.17, 15) is 8.78 Å². The fourth-order valence-electron chi connectivity index (χ4n) is 3.77. The fraction of sp³-hybridized carbons (Fsp3) is 1.00. The van der Waals surface area contributed by atoms with Crippen LogP contribution >= 0.6 is 0 Å². The van der Waals surface area contributed by atoms with Gasteiger partial charge in [0, 0.05) is 45.8 Å². The summed E-state index contributed by atoms with van der Waals surface area (Å²) in [6, 6.07) is -0.626. The third-order valence-corrected chi connectivity index (χ3v) is 5.21. The molecular formula is C19H37F2N3O2. The van der Waals surface area contributed by atoms with Crippen LogP contribution in [0.4, 0.5) is 8.78 Å². The van der Waals surface area contributed by atoms with Gasteiger partial charge in [-0.15, -0.1) is 0 Å². The van der Waals surface area contributed by atoms with E-state index in [0.29, 0.717) is 26.2 Å². The summed E-state index contributed by atoms with van der Waals surface area (Å²) in [5, 5.41) is 0. The Morgan fingerprint density at radius 3 is 1.88 bits per heavy atom. The summed E-state index contributed by atoms with van der Waals surface area (Å²) >= 11 is 0. The topological polar surface area (TPSA) is 28.2 Å². The zero-order valence-electron chi connectivity index (χ0n) is 16.9. The maximum absolute atomic E-state index is 14.7. The van der Waals surface area contributed by atoms with Gasteiger partial charge >= 0.3 is 0 Å². The van der Waals surface area contributed by atoms with Crippen LogP contribution in [0.3, 0.4) is 0 Å². The summed E-state index contributed by atoms with van der Waals surface area (Å²) in [6.07, 6.45) is 0.923. The van der Waals surface area contributed by atoms with Gasteiger partial charge in [-0.2, -0.15) is 0 Å². The molecule has 0 aromatic heterocycles. The van der Waals surface area contributed by atoms with Crippen LogP contribution in [-0.2, 0) is 9.47 Å². The highest BCUT2D eigenvalue weighted by Crippen LogP contribution is 2.31. The highest BCUT2D eigenvalue weighted by molar-refractivity contribution is 4.94. The Morgan fingerprint density at radius 2 is 1.38 bits per heavy atom.